The molecule has 0 amide bonds. The zero-order valence-corrected chi connectivity index (χ0v) is 11.3. The first-order valence-corrected chi connectivity index (χ1v) is 7.40. The first-order chi connectivity index (χ1) is 8.19. The van der Waals surface area contributed by atoms with Crippen LogP contribution in [-0.2, 0) is 9.53 Å². The third-order valence-corrected chi connectivity index (χ3v) is 4.42. The Morgan fingerprint density at radius 2 is 2.06 bits per heavy atom. The fourth-order valence-electron chi connectivity index (χ4n) is 3.11. The molecule has 0 radical (unpaired) electrons. The minimum Gasteiger partial charge on any atom is -0.358 e. The molecule has 2 aliphatic rings. The lowest BCUT2D eigenvalue weighted by atomic mass is 9.80. The lowest BCUT2D eigenvalue weighted by Crippen LogP contribution is -2.31. The van der Waals surface area contributed by atoms with Gasteiger partial charge in [-0.25, -0.2) is 0 Å². The molecule has 17 heavy (non-hydrogen) atoms. The molecule has 1 saturated carbocycles. The molecule has 1 aliphatic carbocycles. The smallest absolute Gasteiger partial charge is 0.167 e. The van der Waals surface area contributed by atoms with E-state index in [4.69, 9.17) is 4.74 Å². The van der Waals surface area contributed by atoms with Gasteiger partial charge in [0.05, 0.1) is 6.10 Å². The van der Waals surface area contributed by atoms with Crippen LogP contribution in [0.4, 0.5) is 0 Å². The van der Waals surface area contributed by atoms with Gasteiger partial charge in [0.15, 0.2) is 11.4 Å². The summed E-state index contributed by atoms with van der Waals surface area (Å²) in [5.74, 6) is 1.14. The Labute approximate surface area is 105 Å². The molecule has 2 fully saturated rings. The number of ketones is 1. The molecule has 2 heteroatoms. The van der Waals surface area contributed by atoms with Crippen LogP contribution < -0.4 is 0 Å². The van der Waals surface area contributed by atoms with Gasteiger partial charge in [-0.1, -0.05) is 39.5 Å². The number of carbonyl (C=O) groups excluding carboxylic acids is 1. The van der Waals surface area contributed by atoms with Crippen molar-refractivity contribution >= 4 is 5.78 Å². The second-order valence-electron chi connectivity index (χ2n) is 5.96. The van der Waals surface area contributed by atoms with Gasteiger partial charge in [0.1, 0.15) is 0 Å². The highest BCUT2D eigenvalue weighted by molar-refractivity contribution is 5.90. The number of hydrogen-bond acceptors (Lipinski definition) is 2. The summed E-state index contributed by atoms with van der Waals surface area (Å²) < 4.78 is 5.73. The van der Waals surface area contributed by atoms with E-state index in [1.807, 2.05) is 0 Å². The molecule has 0 N–H and O–H groups in total. The summed E-state index contributed by atoms with van der Waals surface area (Å²) in [6, 6.07) is 0. The van der Waals surface area contributed by atoms with Gasteiger partial charge < -0.3 is 4.74 Å². The molecule has 0 bridgehead atoms. The fourth-order valence-corrected chi connectivity index (χ4v) is 3.11. The van der Waals surface area contributed by atoms with E-state index in [1.54, 1.807) is 0 Å². The zero-order chi connectivity index (χ0) is 12.3. The van der Waals surface area contributed by atoms with Gasteiger partial charge in [-0.05, 0) is 31.6 Å². The van der Waals surface area contributed by atoms with Gasteiger partial charge in [-0.15, -0.1) is 0 Å². The summed E-state index contributed by atoms with van der Waals surface area (Å²) in [4.78, 5) is 12.2. The van der Waals surface area contributed by atoms with E-state index in [0.29, 0.717) is 5.78 Å². The minimum absolute atomic E-state index is 0.273. The Hall–Kier alpha value is -0.370. The zero-order valence-electron chi connectivity index (χ0n) is 11.3. The highest BCUT2D eigenvalue weighted by atomic mass is 16.6. The van der Waals surface area contributed by atoms with E-state index in [0.717, 1.165) is 38.0 Å². The number of ether oxygens (including phenoxy) is 1. The molecule has 0 aromatic carbocycles. The van der Waals surface area contributed by atoms with Crippen LogP contribution >= 0.6 is 0 Å². The average molecular weight is 238 g/mol. The molecular weight excluding hydrogens is 212 g/mol. The maximum Gasteiger partial charge on any atom is 0.167 e. The predicted molar refractivity (Wildman–Crippen MR) is 69.0 cm³/mol. The lowest BCUT2D eigenvalue weighted by molar-refractivity contribution is -0.124. The maximum atomic E-state index is 12.2. The van der Waals surface area contributed by atoms with E-state index < -0.39 is 0 Å². The molecule has 1 saturated heterocycles. The van der Waals surface area contributed by atoms with Crippen LogP contribution in [-0.4, -0.2) is 17.5 Å². The monoisotopic (exact) mass is 238 g/mol. The van der Waals surface area contributed by atoms with Crippen molar-refractivity contribution < 1.29 is 9.53 Å². The molecule has 1 heterocycles. The second kappa shape index (κ2) is 5.51. The minimum atomic E-state index is -0.308. The van der Waals surface area contributed by atoms with Crippen molar-refractivity contribution in [2.24, 2.45) is 5.92 Å². The highest BCUT2D eigenvalue weighted by Crippen LogP contribution is 2.50. The van der Waals surface area contributed by atoms with Crippen LogP contribution in [0.15, 0.2) is 0 Å². The molecule has 0 spiro atoms. The number of unbranched alkanes of at least 4 members (excludes halogenated alkanes) is 4. The molecule has 0 aromatic heterocycles. The van der Waals surface area contributed by atoms with Crippen LogP contribution in [0.25, 0.3) is 0 Å². The van der Waals surface area contributed by atoms with Crippen molar-refractivity contribution in [2.45, 2.75) is 83.3 Å². The molecule has 2 rings (SSSR count). The number of Topliss-reactive ketones (excluding diaryl/α,β-unsaturated/α-hetero) is 1. The summed E-state index contributed by atoms with van der Waals surface area (Å²) in [7, 11) is 0. The van der Waals surface area contributed by atoms with Crippen molar-refractivity contribution in [3.63, 3.8) is 0 Å². The Balaban J connectivity index is 1.67. The third kappa shape index (κ3) is 2.90. The number of carbonyl (C=O) groups is 1. The summed E-state index contributed by atoms with van der Waals surface area (Å²) in [6.45, 7) is 4.48. The van der Waals surface area contributed by atoms with Gasteiger partial charge >= 0.3 is 0 Å². The van der Waals surface area contributed by atoms with Crippen LogP contribution in [0, 0.1) is 5.92 Å². The van der Waals surface area contributed by atoms with Crippen LogP contribution in [0.5, 0.6) is 0 Å². The molecule has 3 atom stereocenters. The molecule has 1 aliphatic heterocycles. The quantitative estimate of drug-likeness (QED) is 0.497. The SMILES string of the molecule is CCCCCCCC(=O)C12CCC(C)CC1O2. The van der Waals surface area contributed by atoms with Crippen LogP contribution in [0.2, 0.25) is 0 Å². The Morgan fingerprint density at radius 3 is 2.76 bits per heavy atom. The number of epoxide rings is 1. The van der Waals surface area contributed by atoms with E-state index in [-0.39, 0.29) is 11.7 Å². The summed E-state index contributed by atoms with van der Waals surface area (Å²) >= 11 is 0. The van der Waals surface area contributed by atoms with Crippen molar-refractivity contribution in [1.82, 2.24) is 0 Å². The molecule has 98 valence electrons. The first kappa shape index (κ1) is 13.1. The summed E-state index contributed by atoms with van der Waals surface area (Å²) in [5, 5.41) is 0. The topological polar surface area (TPSA) is 29.6 Å². The molecule has 2 nitrogen and oxygen atoms in total. The van der Waals surface area contributed by atoms with Crippen molar-refractivity contribution in [1.29, 1.82) is 0 Å². The van der Waals surface area contributed by atoms with Gasteiger partial charge in [0, 0.05) is 6.42 Å². The lowest BCUT2D eigenvalue weighted by Gasteiger charge is -2.20. The van der Waals surface area contributed by atoms with Gasteiger partial charge in [0.2, 0.25) is 0 Å². The van der Waals surface area contributed by atoms with Crippen molar-refractivity contribution in [3.8, 4) is 0 Å². The average Bonchev–Trinajstić information content (AvgIpc) is 3.03. The van der Waals surface area contributed by atoms with Crippen molar-refractivity contribution in [3.05, 3.63) is 0 Å². The maximum absolute atomic E-state index is 12.2. The molecule has 0 aromatic rings. The normalized spacial score (nSPS) is 35.4. The third-order valence-electron chi connectivity index (χ3n) is 4.42. The second-order valence-corrected chi connectivity index (χ2v) is 5.96. The largest absolute Gasteiger partial charge is 0.358 e. The molecule has 3 unspecified atom stereocenters. The van der Waals surface area contributed by atoms with Crippen molar-refractivity contribution in [2.75, 3.05) is 0 Å². The first-order valence-electron chi connectivity index (χ1n) is 7.40. The number of rotatable bonds is 7. The standard InChI is InChI=1S/C15H26O2/c1-3-4-5-6-7-8-13(16)15-10-9-12(2)11-14(15)17-15/h12,14H,3-11H2,1-2H3. The Kier molecular flexibility index (Phi) is 4.24. The fraction of sp³-hybridized carbons (Fsp3) is 0.933. The van der Waals surface area contributed by atoms with Gasteiger partial charge in [-0.2, -0.15) is 0 Å². The summed E-state index contributed by atoms with van der Waals surface area (Å²) in [5.41, 5.74) is -0.308. The van der Waals surface area contributed by atoms with E-state index in [1.165, 1.54) is 25.7 Å². The van der Waals surface area contributed by atoms with E-state index >= 15 is 0 Å². The van der Waals surface area contributed by atoms with Gasteiger partial charge in [-0.3, -0.25) is 4.79 Å². The number of hydrogen-bond donors (Lipinski definition) is 0. The van der Waals surface area contributed by atoms with Crippen LogP contribution in [0.3, 0.4) is 0 Å². The van der Waals surface area contributed by atoms with E-state index in [9.17, 15) is 4.79 Å². The Bertz CT molecular complexity index is 274. The predicted octanol–water partition coefficient (Wildman–Crippen LogP) is 3.87. The summed E-state index contributed by atoms with van der Waals surface area (Å²) in [6.07, 6.45) is 10.4. The number of fused-ring (bicyclic) bond motifs is 1. The molecular formula is C15H26O2. The highest BCUT2D eigenvalue weighted by Gasteiger charge is 2.62. The Morgan fingerprint density at radius 1 is 1.29 bits per heavy atom. The van der Waals surface area contributed by atoms with Gasteiger partial charge in [0.25, 0.3) is 0 Å². The van der Waals surface area contributed by atoms with E-state index in [2.05, 4.69) is 13.8 Å². The van der Waals surface area contributed by atoms with Crippen LogP contribution in [0.1, 0.15) is 71.6 Å².